The minimum atomic E-state index is -0.921. The lowest BCUT2D eigenvalue weighted by Gasteiger charge is -2.27. The van der Waals surface area contributed by atoms with E-state index >= 15 is 0 Å². The fraction of sp³-hybridized carbons (Fsp3) is 0.405. The first-order chi connectivity index (χ1) is 23.9. The number of hydrogen-bond acceptors (Lipinski definition) is 8. The third-order valence-corrected chi connectivity index (χ3v) is 9.30. The summed E-state index contributed by atoms with van der Waals surface area (Å²) in [7, 11) is 4.01. The number of aromatic amines is 2. The zero-order chi connectivity index (χ0) is 35.2. The lowest BCUT2D eigenvalue weighted by atomic mass is 10.0. The number of imidazole rings is 2. The van der Waals surface area contributed by atoms with E-state index in [1.165, 1.54) is 4.90 Å². The number of ether oxygens (including phenoxy) is 1. The topological polar surface area (TPSA) is 156 Å². The number of carboxylic acid groups (broad SMARTS) is 1. The number of aromatic nitrogens is 6. The van der Waals surface area contributed by atoms with E-state index in [1.54, 1.807) is 23.5 Å². The van der Waals surface area contributed by atoms with Crippen molar-refractivity contribution in [2.75, 3.05) is 33.7 Å². The smallest absolute Gasteiger partial charge is 0.410 e. The molecule has 0 saturated carbocycles. The van der Waals surface area contributed by atoms with Gasteiger partial charge in [-0.3, -0.25) is 9.80 Å². The summed E-state index contributed by atoms with van der Waals surface area (Å²) in [6.07, 6.45) is 6.55. The quantitative estimate of drug-likeness (QED) is 0.170. The molecule has 260 valence electrons. The highest BCUT2D eigenvalue weighted by atomic mass is 16.6. The summed E-state index contributed by atoms with van der Waals surface area (Å²) in [6, 6.07) is 13.6. The third-order valence-electron chi connectivity index (χ3n) is 9.30. The Bertz CT molecular complexity index is 2010. The van der Waals surface area contributed by atoms with Crippen LogP contribution in [0.4, 0.5) is 9.59 Å². The van der Waals surface area contributed by atoms with Crippen molar-refractivity contribution >= 4 is 23.2 Å². The maximum Gasteiger partial charge on any atom is 0.410 e. The van der Waals surface area contributed by atoms with Crippen LogP contribution in [0.5, 0.6) is 0 Å². The van der Waals surface area contributed by atoms with Crippen molar-refractivity contribution in [1.29, 1.82) is 0 Å². The fourth-order valence-corrected chi connectivity index (χ4v) is 7.08. The second-order valence-electron chi connectivity index (χ2n) is 14.6. The van der Waals surface area contributed by atoms with Crippen LogP contribution in [0.3, 0.4) is 0 Å². The first-order valence-electron chi connectivity index (χ1n) is 17.0. The van der Waals surface area contributed by atoms with Gasteiger partial charge in [-0.05, 0) is 83.8 Å². The maximum atomic E-state index is 12.8. The molecule has 1 aromatic carbocycles. The van der Waals surface area contributed by atoms with Gasteiger partial charge in [-0.2, -0.15) is 0 Å². The molecule has 2 aliphatic heterocycles. The first kappa shape index (κ1) is 33.2. The van der Waals surface area contributed by atoms with E-state index in [2.05, 4.69) is 29.8 Å². The normalized spacial score (nSPS) is 19.5. The van der Waals surface area contributed by atoms with Gasteiger partial charge in [-0.15, -0.1) is 0 Å². The number of H-pyrrole nitrogens is 2. The van der Waals surface area contributed by atoms with Crippen LogP contribution in [0.15, 0.2) is 61.1 Å². The number of nitrogens with one attached hydrogen (secondary N) is 2. The number of hydrogen-bond donors (Lipinski definition) is 3. The number of likely N-dealkylation sites (tertiary alicyclic amines) is 2. The van der Waals surface area contributed by atoms with Gasteiger partial charge in [-0.25, -0.2) is 29.5 Å². The molecule has 0 aliphatic carbocycles. The number of pyridine rings is 2. The van der Waals surface area contributed by atoms with Crippen LogP contribution in [-0.4, -0.2) is 101 Å². The molecule has 50 heavy (non-hydrogen) atoms. The summed E-state index contributed by atoms with van der Waals surface area (Å²) in [5, 5.41) is 10.7. The summed E-state index contributed by atoms with van der Waals surface area (Å²) >= 11 is 0. The van der Waals surface area contributed by atoms with Gasteiger partial charge in [0.05, 0.1) is 41.6 Å². The van der Waals surface area contributed by atoms with Gasteiger partial charge in [0, 0.05) is 42.3 Å². The third kappa shape index (κ3) is 6.90. The van der Waals surface area contributed by atoms with Gasteiger partial charge in [0.2, 0.25) is 0 Å². The van der Waals surface area contributed by atoms with E-state index in [4.69, 9.17) is 9.72 Å². The summed E-state index contributed by atoms with van der Waals surface area (Å²) in [6.45, 7) is 7.58. The molecular formula is C37H43N9O4. The molecule has 13 heteroatoms. The number of benzene rings is 1. The SMILES string of the molecule is CN(C)CC1CC(c2ncc(-c3ccc(-c4ccc5cc(-c6cnc(C7CCCN7C(=O)OC(C)(C)C)[nH]6)cnc5n4)cc3)[nH]2)N(C(=O)O)C1. The Kier molecular flexibility index (Phi) is 8.77. The average molecular weight is 678 g/mol. The molecule has 13 nitrogen and oxygen atoms in total. The van der Waals surface area contributed by atoms with E-state index in [-0.39, 0.29) is 24.1 Å². The van der Waals surface area contributed by atoms with Crippen molar-refractivity contribution in [3.63, 3.8) is 0 Å². The second-order valence-corrected chi connectivity index (χ2v) is 14.6. The Hall–Kier alpha value is -5.30. The average Bonchev–Trinajstić information content (AvgIpc) is 3.89. The standard InChI is InChI=1S/C37H43N9O4/c1-37(2,3)50-36(49)45-14-6-7-30(45)33-39-19-29(43-33)26-16-25-12-13-27(41-32(25)38-17-26)23-8-10-24(11-9-23)28-18-40-34(42-28)31-15-22(20-44(4)5)21-46(31)35(47)48/h8-13,16-19,22,30-31H,6-7,14-15,20-21H2,1-5H3,(H,39,43)(H,40,42)(H,47,48). The Morgan fingerprint density at radius 1 is 0.900 bits per heavy atom. The van der Waals surface area contributed by atoms with E-state index in [1.807, 2.05) is 77.3 Å². The molecule has 2 amide bonds. The summed E-state index contributed by atoms with van der Waals surface area (Å²) in [5.41, 5.74) is 5.32. The molecule has 2 aliphatic rings. The van der Waals surface area contributed by atoms with Crippen molar-refractivity contribution in [2.45, 2.75) is 57.7 Å². The zero-order valence-electron chi connectivity index (χ0n) is 29.1. The largest absolute Gasteiger partial charge is 0.465 e. The number of carbonyl (C=O) groups excluding carboxylic acids is 1. The van der Waals surface area contributed by atoms with Crippen LogP contribution in [0.25, 0.3) is 44.8 Å². The Balaban J connectivity index is 1.04. The highest BCUT2D eigenvalue weighted by Crippen LogP contribution is 2.36. The van der Waals surface area contributed by atoms with Crippen molar-refractivity contribution in [3.8, 4) is 33.8 Å². The predicted molar refractivity (Wildman–Crippen MR) is 189 cm³/mol. The van der Waals surface area contributed by atoms with Crippen molar-refractivity contribution in [1.82, 2.24) is 44.6 Å². The molecular weight excluding hydrogens is 634 g/mol. The minimum absolute atomic E-state index is 0.159. The number of rotatable bonds is 7. The number of nitrogens with zero attached hydrogens (tertiary/aromatic N) is 7. The predicted octanol–water partition coefficient (Wildman–Crippen LogP) is 6.75. The van der Waals surface area contributed by atoms with Gasteiger partial charge < -0.3 is 24.7 Å². The van der Waals surface area contributed by atoms with Gasteiger partial charge in [-0.1, -0.05) is 24.3 Å². The van der Waals surface area contributed by atoms with Crippen LogP contribution >= 0.6 is 0 Å². The molecule has 2 saturated heterocycles. The van der Waals surface area contributed by atoms with E-state index < -0.39 is 11.7 Å². The lowest BCUT2D eigenvalue weighted by molar-refractivity contribution is 0.0218. The van der Waals surface area contributed by atoms with Gasteiger partial charge in [0.25, 0.3) is 0 Å². The summed E-state index contributed by atoms with van der Waals surface area (Å²) in [5.74, 6) is 1.66. The van der Waals surface area contributed by atoms with Crippen LogP contribution in [0.1, 0.15) is 63.8 Å². The fourth-order valence-electron chi connectivity index (χ4n) is 7.08. The van der Waals surface area contributed by atoms with Gasteiger partial charge in [0.1, 0.15) is 17.2 Å². The molecule has 0 bridgehead atoms. The molecule has 6 heterocycles. The van der Waals surface area contributed by atoms with Gasteiger partial charge in [0.15, 0.2) is 5.65 Å². The van der Waals surface area contributed by atoms with E-state index in [9.17, 15) is 14.7 Å². The highest BCUT2D eigenvalue weighted by Gasteiger charge is 2.38. The molecule has 3 atom stereocenters. The van der Waals surface area contributed by atoms with Crippen LogP contribution in [-0.2, 0) is 4.74 Å². The Morgan fingerprint density at radius 2 is 1.58 bits per heavy atom. The molecule has 4 aromatic heterocycles. The maximum absolute atomic E-state index is 12.8. The first-order valence-corrected chi connectivity index (χ1v) is 17.0. The van der Waals surface area contributed by atoms with Crippen molar-refractivity contribution in [2.24, 2.45) is 5.92 Å². The number of fused-ring (bicyclic) bond motifs is 1. The highest BCUT2D eigenvalue weighted by molar-refractivity contribution is 5.82. The molecule has 0 spiro atoms. The van der Waals surface area contributed by atoms with Gasteiger partial charge >= 0.3 is 12.2 Å². The van der Waals surface area contributed by atoms with Crippen LogP contribution < -0.4 is 0 Å². The molecule has 3 unspecified atom stereocenters. The Morgan fingerprint density at radius 3 is 2.26 bits per heavy atom. The molecule has 2 fully saturated rings. The monoisotopic (exact) mass is 677 g/mol. The zero-order valence-corrected chi connectivity index (χ0v) is 29.1. The van der Waals surface area contributed by atoms with Crippen molar-refractivity contribution < 1.29 is 19.4 Å². The second kappa shape index (κ2) is 13.2. The van der Waals surface area contributed by atoms with E-state index in [0.29, 0.717) is 24.6 Å². The number of amides is 2. The minimum Gasteiger partial charge on any atom is -0.465 e. The summed E-state index contributed by atoms with van der Waals surface area (Å²) < 4.78 is 5.63. The molecule has 3 N–H and O–H groups in total. The lowest BCUT2D eigenvalue weighted by Crippen LogP contribution is -2.36. The Labute approximate surface area is 290 Å². The number of carbonyl (C=O) groups is 2. The molecule has 7 rings (SSSR count). The van der Waals surface area contributed by atoms with Crippen molar-refractivity contribution in [3.05, 3.63) is 72.7 Å². The van der Waals surface area contributed by atoms with E-state index in [0.717, 1.165) is 70.8 Å². The van der Waals surface area contributed by atoms with Crippen LogP contribution in [0, 0.1) is 5.92 Å². The molecule has 5 aromatic rings. The van der Waals surface area contributed by atoms with Crippen LogP contribution in [0.2, 0.25) is 0 Å². The summed E-state index contributed by atoms with van der Waals surface area (Å²) in [4.78, 5) is 55.6. The molecule has 0 radical (unpaired) electrons.